The number of aromatic nitrogens is 1. The molecule has 4 heteroatoms. The maximum atomic E-state index is 13.1. The van der Waals surface area contributed by atoms with E-state index in [1.165, 1.54) is 38.5 Å². The Kier molecular flexibility index (Phi) is 4.18. The van der Waals surface area contributed by atoms with Gasteiger partial charge in [0.2, 0.25) is 0 Å². The Bertz CT molecular complexity index is 697. The number of ketones is 2. The number of rotatable bonds is 5. The van der Waals surface area contributed by atoms with E-state index in [2.05, 4.69) is 11.9 Å². The van der Waals surface area contributed by atoms with Crippen LogP contribution in [0.5, 0.6) is 0 Å². The number of carbonyl (C=O) groups excluding carboxylic acids is 2. The lowest BCUT2D eigenvalue weighted by molar-refractivity contribution is 0.0380. The van der Waals surface area contributed by atoms with Gasteiger partial charge in [0.05, 0.1) is 10.9 Å². The van der Waals surface area contributed by atoms with E-state index in [-0.39, 0.29) is 16.8 Å². The zero-order valence-corrected chi connectivity index (χ0v) is 16.6. The minimum Gasteiger partial charge on any atom is -0.355 e. The van der Waals surface area contributed by atoms with E-state index >= 15 is 0 Å². The van der Waals surface area contributed by atoms with Gasteiger partial charge in [0.25, 0.3) is 0 Å². The molecule has 1 aromatic heterocycles. The molecule has 0 radical (unpaired) electrons. The fraction of sp³-hybridized carbons (Fsp3) is 0.714. The lowest BCUT2D eigenvalue weighted by Crippen LogP contribution is -2.49. The summed E-state index contributed by atoms with van der Waals surface area (Å²) in [6.45, 7) is 7.42. The summed E-state index contributed by atoms with van der Waals surface area (Å²) >= 11 is 1.94. The first-order valence-corrected chi connectivity index (χ1v) is 10.6. The van der Waals surface area contributed by atoms with E-state index in [0.29, 0.717) is 16.0 Å². The second-order valence-electron chi connectivity index (χ2n) is 8.91. The highest BCUT2D eigenvalue weighted by molar-refractivity contribution is 8.02. The molecule has 3 nitrogen and oxygen atoms in total. The van der Waals surface area contributed by atoms with Crippen molar-refractivity contribution in [2.75, 3.05) is 0 Å². The average Bonchev–Trinajstić information content (AvgIpc) is 2.79. The Morgan fingerprint density at radius 1 is 1.08 bits per heavy atom. The van der Waals surface area contributed by atoms with Crippen LogP contribution in [-0.4, -0.2) is 26.5 Å². The predicted molar refractivity (Wildman–Crippen MR) is 103 cm³/mol. The number of aryl methyl sites for hydroxylation is 1. The third kappa shape index (κ3) is 2.90. The summed E-state index contributed by atoms with van der Waals surface area (Å²) in [6, 6.07) is 0. The summed E-state index contributed by atoms with van der Waals surface area (Å²) < 4.78 is 0.336. The number of hydrogen-bond donors (Lipinski definition) is 1. The molecular weight excluding hydrogens is 330 g/mol. The topological polar surface area (TPSA) is 49.9 Å². The van der Waals surface area contributed by atoms with Crippen LogP contribution in [0.15, 0.2) is 0 Å². The van der Waals surface area contributed by atoms with Gasteiger partial charge in [-0.1, -0.05) is 0 Å². The molecular formula is C21H29NO2S. The van der Waals surface area contributed by atoms with Gasteiger partial charge in [-0.15, -0.1) is 11.8 Å². The van der Waals surface area contributed by atoms with Crippen molar-refractivity contribution in [3.05, 3.63) is 22.5 Å². The molecule has 4 aliphatic rings. The predicted octanol–water partition coefficient (Wildman–Crippen LogP) is 5.11. The van der Waals surface area contributed by atoms with Crippen LogP contribution in [0.4, 0.5) is 0 Å². The number of aromatic amines is 1. The standard InChI is InChI=1S/C21H29NO2S/c1-11-18(13(3)23)12(2)22-19(11)20(24)14(4)25-21-8-15-5-16(9-21)7-17(6-15)10-21/h14-17,22H,5-10H2,1-4H3/t14-,15?,16?,17?,21?/m1/s1. The summed E-state index contributed by atoms with van der Waals surface area (Å²) in [4.78, 5) is 28.2. The Labute approximate surface area is 154 Å². The quantitative estimate of drug-likeness (QED) is 0.744. The molecule has 0 spiro atoms. The molecule has 4 fully saturated rings. The summed E-state index contributed by atoms with van der Waals surface area (Å²) in [5.74, 6) is 2.90. The van der Waals surface area contributed by atoms with Gasteiger partial charge in [-0.3, -0.25) is 9.59 Å². The summed E-state index contributed by atoms with van der Waals surface area (Å²) in [6.07, 6.45) is 8.21. The number of Topliss-reactive ketones (excluding diaryl/α,β-unsaturated/α-hetero) is 2. The van der Waals surface area contributed by atoms with Crippen molar-refractivity contribution < 1.29 is 9.59 Å². The van der Waals surface area contributed by atoms with E-state index < -0.39 is 0 Å². The van der Waals surface area contributed by atoms with Gasteiger partial charge in [-0.2, -0.15) is 0 Å². The highest BCUT2D eigenvalue weighted by atomic mass is 32.2. The molecule has 1 heterocycles. The fourth-order valence-corrected chi connectivity index (χ4v) is 8.30. The molecule has 4 aliphatic carbocycles. The van der Waals surface area contributed by atoms with Crippen molar-refractivity contribution in [1.82, 2.24) is 4.98 Å². The van der Waals surface area contributed by atoms with Gasteiger partial charge in [0.15, 0.2) is 11.6 Å². The van der Waals surface area contributed by atoms with E-state index in [4.69, 9.17) is 0 Å². The maximum Gasteiger partial charge on any atom is 0.191 e. The molecule has 25 heavy (non-hydrogen) atoms. The molecule has 0 aromatic carbocycles. The van der Waals surface area contributed by atoms with Crippen LogP contribution in [0.1, 0.15) is 84.5 Å². The van der Waals surface area contributed by atoms with Crippen molar-refractivity contribution in [2.45, 2.75) is 76.2 Å². The maximum absolute atomic E-state index is 13.1. The van der Waals surface area contributed by atoms with Gasteiger partial charge < -0.3 is 4.98 Å². The number of thioether (sulfide) groups is 1. The van der Waals surface area contributed by atoms with E-state index in [1.54, 1.807) is 6.92 Å². The molecule has 0 unspecified atom stereocenters. The Morgan fingerprint density at radius 3 is 2.04 bits per heavy atom. The van der Waals surface area contributed by atoms with Crippen molar-refractivity contribution >= 4 is 23.3 Å². The van der Waals surface area contributed by atoms with E-state index in [1.807, 2.05) is 25.6 Å². The molecule has 1 N–H and O–H groups in total. The zero-order valence-electron chi connectivity index (χ0n) is 15.8. The van der Waals surface area contributed by atoms with E-state index in [9.17, 15) is 9.59 Å². The number of hydrogen-bond acceptors (Lipinski definition) is 3. The fourth-order valence-electron chi connectivity index (χ4n) is 6.33. The molecule has 0 saturated heterocycles. The van der Waals surface area contributed by atoms with Gasteiger partial charge in [-0.25, -0.2) is 0 Å². The van der Waals surface area contributed by atoms with Crippen LogP contribution in [0.2, 0.25) is 0 Å². The second kappa shape index (κ2) is 6.00. The molecule has 136 valence electrons. The van der Waals surface area contributed by atoms with Gasteiger partial charge >= 0.3 is 0 Å². The normalized spacial score (nSPS) is 34.3. The SMILES string of the molecule is CC(=O)c1c(C)[nH]c(C(=O)[C@@H](C)SC23CC4CC(CC(C4)C2)C3)c1C. The van der Waals surface area contributed by atoms with Gasteiger partial charge in [0, 0.05) is 16.0 Å². The van der Waals surface area contributed by atoms with Crippen LogP contribution < -0.4 is 0 Å². The monoisotopic (exact) mass is 359 g/mol. The van der Waals surface area contributed by atoms with Crippen molar-refractivity contribution in [3.63, 3.8) is 0 Å². The molecule has 0 amide bonds. The Morgan fingerprint density at radius 2 is 1.60 bits per heavy atom. The molecule has 1 atom stereocenters. The summed E-state index contributed by atoms with van der Waals surface area (Å²) in [5, 5.41) is -0.0483. The smallest absolute Gasteiger partial charge is 0.191 e. The minimum atomic E-state index is -0.0483. The van der Waals surface area contributed by atoms with Crippen molar-refractivity contribution in [2.24, 2.45) is 17.8 Å². The van der Waals surface area contributed by atoms with Crippen LogP contribution in [-0.2, 0) is 0 Å². The Balaban J connectivity index is 1.54. The largest absolute Gasteiger partial charge is 0.355 e. The number of carbonyl (C=O) groups is 2. The van der Waals surface area contributed by atoms with Crippen LogP contribution in [0, 0.1) is 31.6 Å². The van der Waals surface area contributed by atoms with Gasteiger partial charge in [-0.05, 0) is 89.5 Å². The molecule has 4 bridgehead atoms. The van der Waals surface area contributed by atoms with Crippen molar-refractivity contribution in [1.29, 1.82) is 0 Å². The van der Waals surface area contributed by atoms with E-state index in [0.717, 1.165) is 29.0 Å². The third-order valence-corrected chi connectivity index (χ3v) is 8.38. The van der Waals surface area contributed by atoms with Gasteiger partial charge in [0.1, 0.15) is 0 Å². The molecule has 5 rings (SSSR count). The Hall–Kier alpha value is -1.03. The summed E-state index contributed by atoms with van der Waals surface area (Å²) in [5.41, 5.74) is 2.98. The minimum absolute atomic E-state index is 0.0340. The number of nitrogens with one attached hydrogen (secondary N) is 1. The van der Waals surface area contributed by atoms with Crippen LogP contribution in [0.25, 0.3) is 0 Å². The molecule has 4 saturated carbocycles. The highest BCUT2D eigenvalue weighted by Crippen LogP contribution is 2.61. The molecule has 1 aromatic rings. The summed E-state index contributed by atoms with van der Waals surface area (Å²) in [7, 11) is 0. The van der Waals surface area contributed by atoms with Crippen molar-refractivity contribution in [3.8, 4) is 0 Å². The first-order chi connectivity index (χ1) is 11.8. The zero-order chi connectivity index (χ0) is 17.9. The number of H-pyrrole nitrogens is 1. The lowest BCUT2D eigenvalue weighted by atomic mass is 9.56. The molecule has 0 aliphatic heterocycles. The third-order valence-electron chi connectivity index (χ3n) is 6.81. The first-order valence-electron chi connectivity index (χ1n) is 9.70. The highest BCUT2D eigenvalue weighted by Gasteiger charge is 2.52. The van der Waals surface area contributed by atoms with Crippen LogP contribution in [0.3, 0.4) is 0 Å². The van der Waals surface area contributed by atoms with Crippen LogP contribution >= 0.6 is 11.8 Å². The average molecular weight is 360 g/mol. The lowest BCUT2D eigenvalue weighted by Gasteiger charge is -2.57. The first kappa shape index (κ1) is 17.4. The second-order valence-corrected chi connectivity index (χ2v) is 10.7.